The number of carbonyl (C=O) groups excluding carboxylic acids is 1. The Morgan fingerprint density at radius 2 is 1.63 bits per heavy atom. The van der Waals surface area contributed by atoms with Crippen LogP contribution in [-0.2, 0) is 0 Å². The van der Waals surface area contributed by atoms with Crippen molar-refractivity contribution in [3.63, 3.8) is 0 Å². The molecule has 3 aromatic carbocycles. The molecule has 30 heavy (non-hydrogen) atoms. The smallest absolute Gasteiger partial charge is 0.295 e. The quantitative estimate of drug-likeness (QED) is 0.306. The highest BCUT2D eigenvalue weighted by atomic mass is 79.9. The van der Waals surface area contributed by atoms with Crippen molar-refractivity contribution in [2.45, 2.75) is 13.0 Å². The number of fused-ring (bicyclic) bond motifs is 2. The lowest BCUT2D eigenvalue weighted by Gasteiger charge is -2.25. The lowest BCUT2D eigenvalue weighted by Crippen LogP contribution is -2.29. The lowest BCUT2D eigenvalue weighted by atomic mass is 9.98. The number of anilines is 1. The first kappa shape index (κ1) is 19.3. The van der Waals surface area contributed by atoms with Crippen LogP contribution in [0, 0.1) is 6.92 Å². The van der Waals surface area contributed by atoms with Crippen LogP contribution >= 0.6 is 31.9 Å². The minimum absolute atomic E-state index is 0.0984. The highest BCUT2D eigenvalue weighted by Gasteiger charge is 2.43. The number of carbonyl (C=O) groups is 1. The van der Waals surface area contributed by atoms with Crippen molar-refractivity contribution in [2.75, 3.05) is 4.90 Å². The van der Waals surface area contributed by atoms with Gasteiger partial charge in [-0.2, -0.15) is 0 Å². The van der Waals surface area contributed by atoms with E-state index in [1.54, 1.807) is 11.0 Å². The summed E-state index contributed by atoms with van der Waals surface area (Å²) in [6, 6.07) is 20.0. The van der Waals surface area contributed by atoms with Crippen LogP contribution in [-0.4, -0.2) is 5.91 Å². The number of rotatable bonds is 2. The van der Waals surface area contributed by atoms with E-state index in [0.29, 0.717) is 22.2 Å². The van der Waals surface area contributed by atoms with Gasteiger partial charge in [0.25, 0.3) is 5.91 Å². The summed E-state index contributed by atoms with van der Waals surface area (Å²) in [7, 11) is 0. The number of hydrogen-bond donors (Lipinski definition) is 0. The number of amides is 1. The molecule has 1 unspecified atom stereocenters. The van der Waals surface area contributed by atoms with Crippen LogP contribution in [0.5, 0.6) is 0 Å². The molecule has 0 N–H and O–H groups in total. The van der Waals surface area contributed by atoms with Gasteiger partial charge >= 0.3 is 0 Å². The van der Waals surface area contributed by atoms with Gasteiger partial charge in [0.15, 0.2) is 5.43 Å². The molecule has 0 radical (unpaired) electrons. The third-order valence-electron chi connectivity index (χ3n) is 5.28. The summed E-state index contributed by atoms with van der Waals surface area (Å²) in [4.78, 5) is 28.7. The van der Waals surface area contributed by atoms with E-state index < -0.39 is 6.04 Å². The average molecular weight is 525 g/mol. The first-order valence-corrected chi connectivity index (χ1v) is 10.9. The molecule has 0 bridgehead atoms. The van der Waals surface area contributed by atoms with Gasteiger partial charge in [-0.25, -0.2) is 0 Å². The van der Waals surface area contributed by atoms with Crippen molar-refractivity contribution in [1.82, 2.24) is 0 Å². The topological polar surface area (TPSA) is 50.5 Å². The van der Waals surface area contributed by atoms with Crippen molar-refractivity contribution in [3.05, 3.63) is 108 Å². The second kappa shape index (κ2) is 7.22. The van der Waals surface area contributed by atoms with Crippen LogP contribution in [0.3, 0.4) is 0 Å². The third kappa shape index (κ3) is 3.02. The number of hydrogen-bond acceptors (Lipinski definition) is 3. The second-order valence-corrected chi connectivity index (χ2v) is 9.12. The molecule has 1 atom stereocenters. The Morgan fingerprint density at radius 1 is 0.900 bits per heavy atom. The van der Waals surface area contributed by atoms with Gasteiger partial charge in [0.1, 0.15) is 5.58 Å². The van der Waals surface area contributed by atoms with E-state index in [0.717, 1.165) is 20.1 Å². The van der Waals surface area contributed by atoms with E-state index in [9.17, 15) is 9.59 Å². The van der Waals surface area contributed by atoms with Gasteiger partial charge in [-0.3, -0.25) is 14.5 Å². The fraction of sp³-hybridized carbons (Fsp3) is 0.0833. The Hall–Kier alpha value is -2.70. The van der Waals surface area contributed by atoms with Crippen LogP contribution in [0.4, 0.5) is 5.69 Å². The fourth-order valence-electron chi connectivity index (χ4n) is 3.97. The maximum absolute atomic E-state index is 13.6. The molecule has 4 aromatic rings. The van der Waals surface area contributed by atoms with Gasteiger partial charge in [-0.05, 0) is 55.0 Å². The van der Waals surface area contributed by atoms with E-state index in [-0.39, 0.29) is 17.1 Å². The van der Waals surface area contributed by atoms with E-state index >= 15 is 0 Å². The Kier molecular flexibility index (Phi) is 4.64. The molecule has 6 heteroatoms. The molecule has 1 aliphatic rings. The molecular weight excluding hydrogens is 510 g/mol. The standard InChI is InChI=1S/C24H15Br2NO3/c1-13-8-9-19-18(10-13)22(28)20-21(14-4-2-5-15(25)11-14)27(24(29)23(20)30-19)17-7-3-6-16(26)12-17/h2-12,21H,1H3. The molecule has 0 spiro atoms. The monoisotopic (exact) mass is 523 g/mol. The van der Waals surface area contributed by atoms with Gasteiger partial charge in [0.2, 0.25) is 5.76 Å². The zero-order valence-electron chi connectivity index (χ0n) is 15.9. The summed E-state index contributed by atoms with van der Waals surface area (Å²) >= 11 is 6.99. The summed E-state index contributed by atoms with van der Waals surface area (Å²) < 4.78 is 7.72. The maximum Gasteiger partial charge on any atom is 0.295 e. The van der Waals surface area contributed by atoms with Gasteiger partial charge in [-0.15, -0.1) is 0 Å². The van der Waals surface area contributed by atoms with Gasteiger partial charge < -0.3 is 4.42 Å². The Morgan fingerprint density at radius 3 is 2.37 bits per heavy atom. The number of nitrogens with zero attached hydrogens (tertiary/aromatic N) is 1. The van der Waals surface area contributed by atoms with Crippen LogP contribution < -0.4 is 10.3 Å². The Bertz CT molecular complexity index is 1390. The van der Waals surface area contributed by atoms with Crippen LogP contribution in [0.25, 0.3) is 11.0 Å². The van der Waals surface area contributed by atoms with Crippen molar-refractivity contribution in [1.29, 1.82) is 0 Å². The molecule has 0 aliphatic carbocycles. The maximum atomic E-state index is 13.6. The molecule has 0 fully saturated rings. The fourth-order valence-corrected chi connectivity index (χ4v) is 4.78. The molecule has 0 saturated heterocycles. The molecule has 1 aromatic heterocycles. The van der Waals surface area contributed by atoms with E-state index in [4.69, 9.17) is 4.42 Å². The SMILES string of the molecule is Cc1ccc2oc3c(c(=O)c2c1)C(c1cccc(Br)c1)N(c1cccc(Br)c1)C3=O. The molecule has 0 saturated carbocycles. The molecule has 1 amide bonds. The Balaban J connectivity index is 1.84. The number of aryl methyl sites for hydroxylation is 1. The van der Waals surface area contributed by atoms with Crippen molar-refractivity contribution >= 4 is 54.4 Å². The summed E-state index contributed by atoms with van der Waals surface area (Å²) in [5.41, 5.74) is 3.09. The molecule has 2 heterocycles. The average Bonchev–Trinajstić information content (AvgIpc) is 3.01. The van der Waals surface area contributed by atoms with Gasteiger partial charge in [-0.1, -0.05) is 61.7 Å². The first-order valence-electron chi connectivity index (χ1n) is 9.36. The van der Waals surface area contributed by atoms with Crippen molar-refractivity contribution in [2.24, 2.45) is 0 Å². The van der Waals surface area contributed by atoms with Crippen molar-refractivity contribution in [3.8, 4) is 0 Å². The Labute approximate surface area is 189 Å². The molecule has 5 rings (SSSR count). The molecule has 148 valence electrons. The normalized spacial score (nSPS) is 15.6. The van der Waals surface area contributed by atoms with Crippen molar-refractivity contribution < 1.29 is 9.21 Å². The minimum Gasteiger partial charge on any atom is -0.450 e. The number of halogens is 2. The lowest BCUT2D eigenvalue weighted by molar-refractivity contribution is 0.0971. The summed E-state index contributed by atoms with van der Waals surface area (Å²) in [6.07, 6.45) is 0. The van der Waals surface area contributed by atoms with E-state index in [2.05, 4.69) is 31.9 Å². The summed E-state index contributed by atoms with van der Waals surface area (Å²) in [5, 5.41) is 0.484. The predicted molar refractivity (Wildman–Crippen MR) is 124 cm³/mol. The van der Waals surface area contributed by atoms with Crippen LogP contribution in [0.2, 0.25) is 0 Å². The third-order valence-corrected chi connectivity index (χ3v) is 6.26. The zero-order valence-corrected chi connectivity index (χ0v) is 19.0. The van der Waals surface area contributed by atoms with E-state index in [1.807, 2.05) is 67.6 Å². The van der Waals surface area contributed by atoms with E-state index in [1.165, 1.54) is 0 Å². The summed E-state index contributed by atoms with van der Waals surface area (Å²) in [5.74, 6) is -0.228. The summed E-state index contributed by atoms with van der Waals surface area (Å²) in [6.45, 7) is 1.93. The van der Waals surface area contributed by atoms with Gasteiger partial charge in [0.05, 0.1) is 17.0 Å². The minimum atomic E-state index is -0.583. The first-order chi connectivity index (χ1) is 14.4. The van der Waals surface area contributed by atoms with Crippen LogP contribution in [0.1, 0.15) is 33.3 Å². The molecule has 1 aliphatic heterocycles. The molecule has 4 nitrogen and oxygen atoms in total. The van der Waals surface area contributed by atoms with Gasteiger partial charge in [0, 0.05) is 14.6 Å². The highest BCUT2D eigenvalue weighted by Crippen LogP contribution is 2.42. The predicted octanol–water partition coefficient (Wildman–Crippen LogP) is 6.38. The zero-order chi connectivity index (χ0) is 21.0. The second-order valence-electron chi connectivity index (χ2n) is 7.29. The highest BCUT2D eigenvalue weighted by molar-refractivity contribution is 9.10. The van der Waals surface area contributed by atoms with Crippen LogP contribution in [0.15, 0.2) is 84.9 Å². The molecular formula is C24H15Br2NO3. The number of benzene rings is 3. The largest absolute Gasteiger partial charge is 0.450 e.